The standard InChI is InChI=1S/C24H28ClN7O2/c1-14(2)18-12-22(34-30-18)27-20-13-21(32-9-7-31(4)8-10-32)29-24(28-20)33-19-6-5-17-16(23(19)25)11-15(3)26-17/h5-6,11-14,26H,7-10H2,1-4H3,(H,27,28,29). The van der Waals surface area contributed by atoms with Crippen LogP contribution in [0, 0.1) is 6.92 Å². The smallest absolute Gasteiger partial charge is 0.325 e. The van der Waals surface area contributed by atoms with Gasteiger partial charge in [-0.05, 0) is 38.1 Å². The molecule has 10 heteroatoms. The number of H-pyrrole nitrogens is 1. The van der Waals surface area contributed by atoms with Crippen LogP contribution < -0.4 is 15.0 Å². The summed E-state index contributed by atoms with van der Waals surface area (Å²) in [6.07, 6.45) is 0. The van der Waals surface area contributed by atoms with Crippen molar-refractivity contribution in [2.45, 2.75) is 26.7 Å². The number of halogens is 1. The third-order valence-electron chi connectivity index (χ3n) is 5.93. The Kier molecular flexibility index (Phi) is 6.05. The van der Waals surface area contributed by atoms with Crippen LogP contribution >= 0.6 is 11.6 Å². The maximum Gasteiger partial charge on any atom is 0.325 e. The Morgan fingerprint density at radius 3 is 2.65 bits per heavy atom. The first kappa shape index (κ1) is 22.5. The van der Waals surface area contributed by atoms with Crippen molar-refractivity contribution in [2.75, 3.05) is 43.4 Å². The molecule has 0 radical (unpaired) electrons. The number of aromatic nitrogens is 4. The summed E-state index contributed by atoms with van der Waals surface area (Å²) in [5, 5.41) is 8.73. The first-order valence-corrected chi connectivity index (χ1v) is 11.8. The molecule has 1 aromatic carbocycles. The maximum absolute atomic E-state index is 6.66. The average molecular weight is 482 g/mol. The molecule has 4 aromatic rings. The number of piperazine rings is 1. The molecule has 0 amide bonds. The van der Waals surface area contributed by atoms with Crippen molar-refractivity contribution in [1.29, 1.82) is 0 Å². The largest absolute Gasteiger partial charge is 0.423 e. The van der Waals surface area contributed by atoms with Gasteiger partial charge in [-0.15, -0.1) is 0 Å². The summed E-state index contributed by atoms with van der Waals surface area (Å²) in [5.41, 5.74) is 2.85. The van der Waals surface area contributed by atoms with Gasteiger partial charge >= 0.3 is 6.01 Å². The first-order chi connectivity index (χ1) is 16.4. The number of rotatable bonds is 6. The Balaban J connectivity index is 1.48. The third-order valence-corrected chi connectivity index (χ3v) is 6.32. The predicted octanol–water partition coefficient (Wildman–Crippen LogP) is 5.32. The zero-order valence-corrected chi connectivity index (χ0v) is 20.5. The highest BCUT2D eigenvalue weighted by Crippen LogP contribution is 2.36. The average Bonchev–Trinajstić information content (AvgIpc) is 3.43. The molecule has 0 spiro atoms. The lowest BCUT2D eigenvalue weighted by Crippen LogP contribution is -2.44. The number of hydrogen-bond acceptors (Lipinski definition) is 8. The van der Waals surface area contributed by atoms with Crippen molar-refractivity contribution in [2.24, 2.45) is 0 Å². The van der Waals surface area contributed by atoms with Crippen LogP contribution in [0.25, 0.3) is 10.9 Å². The van der Waals surface area contributed by atoms with Crippen LogP contribution in [0.15, 0.2) is 34.9 Å². The SMILES string of the molecule is Cc1cc2c(Cl)c(Oc3nc(Nc4cc(C(C)C)no4)cc(N4CCN(C)CC4)n3)ccc2[nH]1. The second-order valence-electron chi connectivity index (χ2n) is 8.97. The number of fused-ring (bicyclic) bond motifs is 1. The van der Waals surface area contributed by atoms with Gasteiger partial charge in [0.2, 0.25) is 5.88 Å². The van der Waals surface area contributed by atoms with Gasteiger partial charge in [0.05, 0.1) is 10.7 Å². The summed E-state index contributed by atoms with van der Waals surface area (Å²) in [6, 6.07) is 9.74. The molecule has 0 unspecified atom stereocenters. The minimum Gasteiger partial charge on any atom is -0.423 e. The molecule has 4 heterocycles. The van der Waals surface area contributed by atoms with Crippen molar-refractivity contribution in [3.05, 3.63) is 46.7 Å². The molecule has 1 fully saturated rings. The van der Waals surface area contributed by atoms with Gasteiger partial charge in [-0.25, -0.2) is 0 Å². The Morgan fingerprint density at radius 2 is 1.91 bits per heavy atom. The van der Waals surface area contributed by atoms with Gasteiger partial charge < -0.3 is 29.4 Å². The van der Waals surface area contributed by atoms with E-state index in [0.29, 0.717) is 22.5 Å². The number of benzene rings is 1. The van der Waals surface area contributed by atoms with Gasteiger partial charge in [-0.1, -0.05) is 30.6 Å². The van der Waals surface area contributed by atoms with Crippen molar-refractivity contribution < 1.29 is 9.26 Å². The number of likely N-dealkylation sites (N-methyl/N-ethyl adjacent to an activating group) is 1. The minimum atomic E-state index is 0.205. The van der Waals surface area contributed by atoms with Crippen molar-refractivity contribution in [3.63, 3.8) is 0 Å². The summed E-state index contributed by atoms with van der Waals surface area (Å²) in [7, 11) is 2.12. The number of aromatic amines is 1. The lowest BCUT2D eigenvalue weighted by molar-refractivity contribution is 0.311. The molecule has 0 atom stereocenters. The van der Waals surface area contributed by atoms with E-state index in [2.05, 4.69) is 51.1 Å². The maximum atomic E-state index is 6.66. The zero-order chi connectivity index (χ0) is 23.8. The monoisotopic (exact) mass is 481 g/mol. The predicted molar refractivity (Wildman–Crippen MR) is 134 cm³/mol. The molecule has 3 aromatic heterocycles. The van der Waals surface area contributed by atoms with E-state index in [9.17, 15) is 0 Å². The molecule has 5 rings (SSSR count). The van der Waals surface area contributed by atoms with Crippen molar-refractivity contribution in [1.82, 2.24) is 25.0 Å². The Labute approximate surface area is 203 Å². The fraction of sp³-hybridized carbons (Fsp3) is 0.375. The van der Waals surface area contributed by atoms with E-state index in [1.807, 2.05) is 37.3 Å². The molecule has 0 aliphatic carbocycles. The van der Waals surface area contributed by atoms with Crippen LogP contribution in [0.3, 0.4) is 0 Å². The van der Waals surface area contributed by atoms with Crippen LogP contribution in [-0.4, -0.2) is 58.2 Å². The normalized spacial score (nSPS) is 14.8. The van der Waals surface area contributed by atoms with E-state index in [-0.39, 0.29) is 11.9 Å². The Hall–Kier alpha value is -3.30. The fourth-order valence-electron chi connectivity index (χ4n) is 3.93. The highest BCUT2D eigenvalue weighted by Gasteiger charge is 2.20. The minimum absolute atomic E-state index is 0.205. The van der Waals surface area contributed by atoms with Crippen LogP contribution in [0.5, 0.6) is 11.8 Å². The number of aryl methyl sites for hydroxylation is 1. The quantitative estimate of drug-likeness (QED) is 0.382. The lowest BCUT2D eigenvalue weighted by atomic mass is 10.1. The molecule has 0 saturated carbocycles. The van der Waals surface area contributed by atoms with E-state index >= 15 is 0 Å². The van der Waals surface area contributed by atoms with Gasteiger partial charge in [0, 0.05) is 54.9 Å². The van der Waals surface area contributed by atoms with Gasteiger partial charge in [0.25, 0.3) is 0 Å². The molecular formula is C24H28ClN7O2. The third kappa shape index (κ3) is 4.67. The molecule has 0 bridgehead atoms. The number of anilines is 3. The van der Waals surface area contributed by atoms with Crippen LogP contribution in [0.2, 0.25) is 5.02 Å². The molecule has 2 N–H and O–H groups in total. The number of ether oxygens (including phenoxy) is 1. The Morgan fingerprint density at radius 1 is 1.12 bits per heavy atom. The number of nitrogens with zero attached hydrogens (tertiary/aromatic N) is 5. The number of nitrogens with one attached hydrogen (secondary N) is 2. The Bertz CT molecular complexity index is 1310. The van der Waals surface area contributed by atoms with Crippen LogP contribution in [0.4, 0.5) is 17.5 Å². The summed E-state index contributed by atoms with van der Waals surface area (Å²) in [6.45, 7) is 9.76. The molecule has 9 nitrogen and oxygen atoms in total. The molecule has 1 aliphatic rings. The number of hydrogen-bond donors (Lipinski definition) is 2. The highest BCUT2D eigenvalue weighted by atomic mass is 35.5. The van der Waals surface area contributed by atoms with Gasteiger partial charge in [-0.2, -0.15) is 9.97 Å². The second-order valence-corrected chi connectivity index (χ2v) is 9.35. The van der Waals surface area contributed by atoms with Crippen LogP contribution in [0.1, 0.15) is 31.2 Å². The molecule has 1 aliphatic heterocycles. The summed E-state index contributed by atoms with van der Waals surface area (Å²) >= 11 is 6.66. The molecular weight excluding hydrogens is 454 g/mol. The van der Waals surface area contributed by atoms with Gasteiger partial charge in [0.1, 0.15) is 17.4 Å². The molecule has 1 saturated heterocycles. The van der Waals surface area contributed by atoms with E-state index in [4.69, 9.17) is 25.8 Å². The van der Waals surface area contributed by atoms with Gasteiger partial charge in [-0.3, -0.25) is 0 Å². The fourth-order valence-corrected chi connectivity index (χ4v) is 4.19. The van der Waals surface area contributed by atoms with E-state index < -0.39 is 0 Å². The topological polar surface area (TPSA) is 95.3 Å². The van der Waals surface area contributed by atoms with Gasteiger partial charge in [0.15, 0.2) is 0 Å². The van der Waals surface area contributed by atoms with Crippen molar-refractivity contribution >= 4 is 40.0 Å². The zero-order valence-electron chi connectivity index (χ0n) is 19.7. The molecule has 178 valence electrons. The van der Waals surface area contributed by atoms with E-state index in [1.54, 1.807) is 0 Å². The molecule has 34 heavy (non-hydrogen) atoms. The second kappa shape index (κ2) is 9.15. The summed E-state index contributed by atoms with van der Waals surface area (Å²) < 4.78 is 11.6. The van der Waals surface area contributed by atoms with Crippen LogP contribution in [-0.2, 0) is 0 Å². The summed E-state index contributed by atoms with van der Waals surface area (Å²) in [4.78, 5) is 17.1. The first-order valence-electron chi connectivity index (χ1n) is 11.4. The van der Waals surface area contributed by atoms with E-state index in [0.717, 1.165) is 54.3 Å². The van der Waals surface area contributed by atoms with E-state index in [1.165, 1.54) is 0 Å². The van der Waals surface area contributed by atoms with Crippen molar-refractivity contribution in [3.8, 4) is 11.8 Å². The highest BCUT2D eigenvalue weighted by molar-refractivity contribution is 6.37. The lowest BCUT2D eigenvalue weighted by Gasteiger charge is -2.33. The summed E-state index contributed by atoms with van der Waals surface area (Å²) in [5.74, 6) is 2.61.